The summed E-state index contributed by atoms with van der Waals surface area (Å²) in [6.45, 7) is 5.04. The predicted octanol–water partition coefficient (Wildman–Crippen LogP) is 2.71. The molecular weight excluding hydrogens is 323 g/mol. The van der Waals surface area contributed by atoms with Crippen molar-refractivity contribution >= 4 is 5.91 Å². The number of halogens is 1. The minimum atomic E-state index is -2.25. The summed E-state index contributed by atoms with van der Waals surface area (Å²) >= 11 is 0. The van der Waals surface area contributed by atoms with Crippen molar-refractivity contribution in [3.05, 3.63) is 65.0 Å². The molecule has 5 nitrogen and oxygen atoms in total. The van der Waals surface area contributed by atoms with Gasteiger partial charge in [0.2, 0.25) is 5.67 Å². The molecule has 0 aliphatic heterocycles. The van der Waals surface area contributed by atoms with E-state index in [2.05, 4.69) is 4.98 Å². The van der Waals surface area contributed by atoms with Gasteiger partial charge in [-0.1, -0.05) is 24.3 Å². The minimum Gasteiger partial charge on any atom is -0.384 e. The van der Waals surface area contributed by atoms with E-state index < -0.39 is 29.0 Å². The number of carbonyl (C=O) groups excluding carboxylic acids is 1. The maximum atomic E-state index is 15.5. The number of hydrogen-bond acceptors (Lipinski definition) is 4. The number of aryl methyl sites for hydroxylation is 1. The summed E-state index contributed by atoms with van der Waals surface area (Å²) in [5.74, 6) is -2.53. The van der Waals surface area contributed by atoms with Crippen LogP contribution in [0, 0.1) is 6.92 Å². The number of hydroxylamine groups is 1. The Kier molecular flexibility index (Phi) is 4.13. The highest BCUT2D eigenvalue weighted by Gasteiger charge is 2.72. The van der Waals surface area contributed by atoms with Crippen LogP contribution < -0.4 is 5.48 Å². The topological polar surface area (TPSA) is 82.5 Å². The van der Waals surface area contributed by atoms with E-state index in [0.717, 1.165) is 11.1 Å². The van der Waals surface area contributed by atoms with Crippen molar-refractivity contribution in [3.63, 3.8) is 0 Å². The lowest BCUT2D eigenvalue weighted by Crippen LogP contribution is -2.33. The first kappa shape index (κ1) is 17.5. The van der Waals surface area contributed by atoms with Crippen molar-refractivity contribution in [2.75, 3.05) is 0 Å². The maximum Gasteiger partial charge on any atom is 0.282 e. The van der Waals surface area contributed by atoms with E-state index in [1.54, 1.807) is 38.1 Å². The van der Waals surface area contributed by atoms with Gasteiger partial charge < -0.3 is 5.11 Å². The minimum absolute atomic E-state index is 0.396. The van der Waals surface area contributed by atoms with Crippen LogP contribution in [0.1, 0.15) is 48.1 Å². The molecule has 132 valence electrons. The van der Waals surface area contributed by atoms with Gasteiger partial charge in [-0.15, -0.1) is 0 Å². The van der Waals surface area contributed by atoms with E-state index in [4.69, 9.17) is 5.21 Å². The largest absolute Gasteiger partial charge is 0.384 e. The number of hydrogen-bond donors (Lipinski definition) is 3. The van der Waals surface area contributed by atoms with Crippen LogP contribution >= 0.6 is 0 Å². The third-order valence-electron chi connectivity index (χ3n) is 4.87. The molecule has 1 fully saturated rings. The highest BCUT2D eigenvalue weighted by molar-refractivity contribution is 5.92. The van der Waals surface area contributed by atoms with E-state index in [-0.39, 0.29) is 0 Å². The van der Waals surface area contributed by atoms with Crippen molar-refractivity contribution in [1.29, 1.82) is 0 Å². The molecule has 3 N–H and O–H groups in total. The number of aliphatic hydroxyl groups is 1. The van der Waals surface area contributed by atoms with Gasteiger partial charge in [0.15, 0.2) is 0 Å². The monoisotopic (exact) mass is 344 g/mol. The van der Waals surface area contributed by atoms with Crippen LogP contribution in [0.5, 0.6) is 0 Å². The Hall–Kier alpha value is -2.31. The Morgan fingerprint density at radius 2 is 1.96 bits per heavy atom. The number of carbonyl (C=O) groups is 1. The first-order valence-corrected chi connectivity index (χ1v) is 8.09. The van der Waals surface area contributed by atoms with Gasteiger partial charge in [0.05, 0.1) is 5.69 Å². The molecule has 1 heterocycles. The van der Waals surface area contributed by atoms with Crippen LogP contribution in [-0.4, -0.2) is 26.9 Å². The van der Waals surface area contributed by atoms with Crippen LogP contribution in [-0.2, 0) is 10.4 Å². The first-order chi connectivity index (χ1) is 11.7. The molecule has 1 aliphatic carbocycles. The molecule has 0 bridgehead atoms. The normalized spacial score (nSPS) is 25.5. The molecule has 1 amide bonds. The van der Waals surface area contributed by atoms with Crippen molar-refractivity contribution in [2.45, 2.75) is 43.9 Å². The van der Waals surface area contributed by atoms with E-state index in [0.29, 0.717) is 11.3 Å². The van der Waals surface area contributed by atoms with Crippen molar-refractivity contribution < 1.29 is 19.5 Å². The molecule has 1 unspecified atom stereocenters. The fourth-order valence-electron chi connectivity index (χ4n) is 3.48. The molecule has 1 aliphatic rings. The standard InChI is InChI=1S/C19H21FN2O3/c1-11-6-4-5-7-13(11)16-15(19(16,20)17(23)22-25)12-8-9-21-14(10-12)18(2,3)24/h4-10,15-16,24-25H,1-3H3,(H,22,23)/t15-,16?,19-/m1/s1. The number of nitrogens with zero attached hydrogens (tertiary/aromatic N) is 1. The highest BCUT2D eigenvalue weighted by atomic mass is 19.1. The second kappa shape index (κ2) is 5.89. The first-order valence-electron chi connectivity index (χ1n) is 8.09. The Balaban J connectivity index is 2.08. The van der Waals surface area contributed by atoms with Gasteiger partial charge >= 0.3 is 0 Å². The van der Waals surface area contributed by atoms with Crippen molar-refractivity contribution in [2.24, 2.45) is 0 Å². The van der Waals surface area contributed by atoms with Crippen molar-refractivity contribution in [3.8, 4) is 0 Å². The number of aromatic nitrogens is 1. The van der Waals surface area contributed by atoms with Gasteiger partial charge in [-0.05, 0) is 49.6 Å². The molecule has 1 aromatic carbocycles. The fourth-order valence-corrected chi connectivity index (χ4v) is 3.48. The number of rotatable bonds is 4. The van der Waals surface area contributed by atoms with Crippen LogP contribution in [0.2, 0.25) is 0 Å². The lowest BCUT2D eigenvalue weighted by atomic mass is 9.98. The van der Waals surface area contributed by atoms with Gasteiger partial charge in [0.25, 0.3) is 5.91 Å². The van der Waals surface area contributed by atoms with Gasteiger partial charge in [-0.25, -0.2) is 9.87 Å². The summed E-state index contributed by atoms with van der Waals surface area (Å²) < 4.78 is 15.5. The average molecular weight is 344 g/mol. The summed E-state index contributed by atoms with van der Waals surface area (Å²) in [7, 11) is 0. The smallest absolute Gasteiger partial charge is 0.282 e. The summed E-state index contributed by atoms with van der Waals surface area (Å²) in [5.41, 5.74) is 0.576. The number of nitrogens with one attached hydrogen (secondary N) is 1. The zero-order valence-corrected chi connectivity index (χ0v) is 14.3. The molecule has 0 saturated heterocycles. The van der Waals surface area contributed by atoms with E-state index in [9.17, 15) is 9.90 Å². The van der Waals surface area contributed by atoms with Gasteiger partial charge in [-0.2, -0.15) is 0 Å². The SMILES string of the molecule is Cc1ccccc1C1[C@@H](c2ccnc(C(C)(C)O)c2)[C@]1(F)C(=O)NO. The molecule has 2 aromatic rings. The van der Waals surface area contributed by atoms with E-state index in [1.807, 2.05) is 19.1 Å². The second-order valence-electron chi connectivity index (χ2n) is 7.05. The Morgan fingerprint density at radius 1 is 1.28 bits per heavy atom. The zero-order valence-electron chi connectivity index (χ0n) is 14.3. The van der Waals surface area contributed by atoms with E-state index >= 15 is 4.39 Å². The molecular formula is C19H21FN2O3. The number of pyridine rings is 1. The highest BCUT2D eigenvalue weighted by Crippen LogP contribution is 2.66. The van der Waals surface area contributed by atoms with Gasteiger partial charge in [-0.3, -0.25) is 15.0 Å². The lowest BCUT2D eigenvalue weighted by molar-refractivity contribution is -0.136. The summed E-state index contributed by atoms with van der Waals surface area (Å²) in [5, 5.41) is 19.2. The number of benzene rings is 1. The van der Waals surface area contributed by atoms with E-state index in [1.165, 1.54) is 11.7 Å². The Labute approximate surface area is 145 Å². The Morgan fingerprint density at radius 3 is 2.56 bits per heavy atom. The van der Waals surface area contributed by atoms with Crippen LogP contribution in [0.15, 0.2) is 42.6 Å². The number of alkyl halides is 1. The van der Waals surface area contributed by atoms with Gasteiger partial charge in [0, 0.05) is 18.0 Å². The molecule has 1 aromatic heterocycles. The third-order valence-corrected chi connectivity index (χ3v) is 4.87. The Bertz CT molecular complexity index is 818. The molecule has 0 radical (unpaired) electrons. The summed E-state index contributed by atoms with van der Waals surface area (Å²) in [6, 6.07) is 10.5. The van der Waals surface area contributed by atoms with Gasteiger partial charge in [0.1, 0.15) is 5.60 Å². The molecule has 3 rings (SSSR count). The third kappa shape index (κ3) is 2.81. The fraction of sp³-hybridized carbons (Fsp3) is 0.368. The molecule has 1 saturated carbocycles. The molecule has 3 atom stereocenters. The quantitative estimate of drug-likeness (QED) is 0.588. The predicted molar refractivity (Wildman–Crippen MR) is 89.9 cm³/mol. The zero-order chi connectivity index (χ0) is 18.4. The molecule has 25 heavy (non-hydrogen) atoms. The summed E-state index contributed by atoms with van der Waals surface area (Å²) in [6.07, 6.45) is 1.49. The molecule has 0 spiro atoms. The maximum absolute atomic E-state index is 15.5. The number of amides is 1. The lowest BCUT2D eigenvalue weighted by Gasteiger charge is -2.17. The average Bonchev–Trinajstić information content (AvgIpc) is 3.21. The second-order valence-corrected chi connectivity index (χ2v) is 7.05. The van der Waals surface area contributed by atoms with Crippen molar-refractivity contribution in [1.82, 2.24) is 10.5 Å². The van der Waals surface area contributed by atoms with Crippen LogP contribution in [0.25, 0.3) is 0 Å². The summed E-state index contributed by atoms with van der Waals surface area (Å²) in [4.78, 5) is 16.2. The molecule has 6 heteroatoms. The van der Waals surface area contributed by atoms with Crippen LogP contribution in [0.4, 0.5) is 4.39 Å². The van der Waals surface area contributed by atoms with Crippen LogP contribution in [0.3, 0.4) is 0 Å².